The van der Waals surface area contributed by atoms with E-state index in [0.717, 1.165) is 0 Å². The molecule has 0 atom stereocenters. The predicted molar refractivity (Wildman–Crippen MR) is 88.1 cm³/mol. The molecule has 0 spiro atoms. The highest BCUT2D eigenvalue weighted by Crippen LogP contribution is 2.15. The highest BCUT2D eigenvalue weighted by atomic mass is 79.9. The van der Waals surface area contributed by atoms with Crippen molar-refractivity contribution in [2.75, 3.05) is 26.7 Å². The van der Waals surface area contributed by atoms with E-state index in [4.69, 9.17) is 0 Å². The van der Waals surface area contributed by atoms with E-state index >= 15 is 0 Å². The Labute approximate surface area is 139 Å². The molecular weight excluding hydrogens is 382 g/mol. The third-order valence-electron chi connectivity index (χ3n) is 2.45. The third-order valence-corrected chi connectivity index (χ3v) is 4.40. The minimum absolute atomic E-state index is 0. The number of hydrogen-bond acceptors (Lipinski definition) is 4. The molecule has 0 fully saturated rings. The van der Waals surface area contributed by atoms with Crippen LogP contribution in [0.5, 0.6) is 0 Å². The summed E-state index contributed by atoms with van der Waals surface area (Å²) in [7, 11) is -1.79. The molecule has 1 rings (SSSR count). The Balaban J connectivity index is 0.00000400. The third kappa shape index (κ3) is 7.77. The summed E-state index contributed by atoms with van der Waals surface area (Å²) < 4.78 is 27.0. The second-order valence-corrected chi connectivity index (χ2v) is 6.74. The van der Waals surface area contributed by atoms with Crippen LogP contribution >= 0.6 is 28.3 Å². The van der Waals surface area contributed by atoms with Gasteiger partial charge in [-0.25, -0.2) is 13.1 Å². The summed E-state index contributed by atoms with van der Waals surface area (Å²) in [4.78, 5) is 11.6. The van der Waals surface area contributed by atoms with Crippen LogP contribution in [0.25, 0.3) is 0 Å². The summed E-state index contributed by atoms with van der Waals surface area (Å²) in [6.07, 6.45) is 0.108. The van der Waals surface area contributed by atoms with Gasteiger partial charge in [-0.1, -0.05) is 22.0 Å². The molecule has 0 unspecified atom stereocenters. The van der Waals surface area contributed by atoms with Crippen molar-refractivity contribution in [1.82, 2.24) is 15.4 Å². The van der Waals surface area contributed by atoms with Crippen LogP contribution in [-0.4, -0.2) is 41.0 Å². The van der Waals surface area contributed by atoms with Gasteiger partial charge in [-0.2, -0.15) is 0 Å². The molecule has 21 heavy (non-hydrogen) atoms. The van der Waals surface area contributed by atoms with Crippen molar-refractivity contribution in [1.29, 1.82) is 0 Å². The van der Waals surface area contributed by atoms with Gasteiger partial charge in [0.15, 0.2) is 0 Å². The first kappa shape index (κ1) is 20.3. The largest absolute Gasteiger partial charge is 0.355 e. The van der Waals surface area contributed by atoms with Crippen LogP contribution in [0.2, 0.25) is 0 Å². The molecule has 9 heteroatoms. The standard InChI is InChI=1S/C12H18BrN3O3S.ClH/c1-14-7-8-15-12(17)5-6-16-20(18,19)11-4-2-3-10(13)9-11;/h2-4,9,14,16H,5-8H2,1H3,(H,15,17);1H. The number of nitrogens with one attached hydrogen (secondary N) is 3. The van der Waals surface area contributed by atoms with Crippen molar-refractivity contribution in [3.63, 3.8) is 0 Å². The van der Waals surface area contributed by atoms with E-state index in [1.54, 1.807) is 19.2 Å². The topological polar surface area (TPSA) is 87.3 Å². The smallest absolute Gasteiger partial charge is 0.240 e. The number of benzene rings is 1. The van der Waals surface area contributed by atoms with E-state index in [9.17, 15) is 13.2 Å². The number of sulfonamides is 1. The first-order valence-corrected chi connectivity index (χ1v) is 8.40. The average Bonchev–Trinajstić information content (AvgIpc) is 2.39. The van der Waals surface area contributed by atoms with E-state index in [-0.39, 0.29) is 36.2 Å². The fraction of sp³-hybridized carbons (Fsp3) is 0.417. The number of carbonyl (C=O) groups is 1. The lowest BCUT2D eigenvalue weighted by Crippen LogP contribution is -2.33. The lowest BCUT2D eigenvalue weighted by atomic mass is 10.4. The maximum Gasteiger partial charge on any atom is 0.240 e. The van der Waals surface area contributed by atoms with Gasteiger partial charge in [-0.3, -0.25) is 4.79 Å². The van der Waals surface area contributed by atoms with Gasteiger partial charge in [-0.15, -0.1) is 12.4 Å². The quantitative estimate of drug-likeness (QED) is 0.565. The van der Waals surface area contributed by atoms with Crippen molar-refractivity contribution in [3.8, 4) is 0 Å². The van der Waals surface area contributed by atoms with Gasteiger partial charge in [0.25, 0.3) is 0 Å². The van der Waals surface area contributed by atoms with E-state index in [0.29, 0.717) is 17.6 Å². The van der Waals surface area contributed by atoms with Crippen LogP contribution < -0.4 is 15.4 Å². The zero-order valence-electron chi connectivity index (χ0n) is 11.6. The average molecular weight is 401 g/mol. The van der Waals surface area contributed by atoms with Crippen molar-refractivity contribution in [3.05, 3.63) is 28.7 Å². The monoisotopic (exact) mass is 399 g/mol. The maximum atomic E-state index is 12.0. The number of halogens is 2. The molecule has 0 saturated carbocycles. The van der Waals surface area contributed by atoms with Crippen LogP contribution in [0.15, 0.2) is 33.6 Å². The van der Waals surface area contributed by atoms with E-state index in [2.05, 4.69) is 31.3 Å². The summed E-state index contributed by atoms with van der Waals surface area (Å²) in [5, 5.41) is 5.57. The van der Waals surface area contributed by atoms with Crippen LogP contribution in [-0.2, 0) is 14.8 Å². The molecule has 0 radical (unpaired) electrons. The molecule has 0 heterocycles. The summed E-state index contributed by atoms with van der Waals surface area (Å²) in [5.41, 5.74) is 0. The van der Waals surface area contributed by atoms with Gasteiger partial charge >= 0.3 is 0 Å². The second kappa shape index (κ2) is 10.1. The van der Waals surface area contributed by atoms with Gasteiger partial charge in [0.2, 0.25) is 15.9 Å². The normalized spacial score (nSPS) is 10.8. The number of rotatable bonds is 8. The Morgan fingerprint density at radius 3 is 2.57 bits per heavy atom. The van der Waals surface area contributed by atoms with Gasteiger partial charge in [-0.05, 0) is 25.2 Å². The molecule has 0 aliphatic heterocycles. The van der Waals surface area contributed by atoms with Crippen LogP contribution in [0.4, 0.5) is 0 Å². The van der Waals surface area contributed by atoms with Crippen LogP contribution in [0.3, 0.4) is 0 Å². The molecule has 1 amide bonds. The molecule has 1 aromatic carbocycles. The van der Waals surface area contributed by atoms with Crippen molar-refractivity contribution in [2.45, 2.75) is 11.3 Å². The number of likely N-dealkylation sites (N-methyl/N-ethyl adjacent to an activating group) is 1. The summed E-state index contributed by atoms with van der Waals surface area (Å²) in [6, 6.07) is 6.40. The molecule has 0 bridgehead atoms. The summed E-state index contributed by atoms with van der Waals surface area (Å²) in [5.74, 6) is -0.183. The Morgan fingerprint density at radius 2 is 1.95 bits per heavy atom. The van der Waals surface area contributed by atoms with Gasteiger partial charge in [0.05, 0.1) is 4.90 Å². The molecule has 6 nitrogen and oxygen atoms in total. The molecule has 0 saturated heterocycles. The first-order chi connectivity index (χ1) is 9.45. The Morgan fingerprint density at radius 1 is 1.24 bits per heavy atom. The second-order valence-electron chi connectivity index (χ2n) is 4.06. The summed E-state index contributed by atoms with van der Waals surface area (Å²) in [6.45, 7) is 1.27. The van der Waals surface area contributed by atoms with Gasteiger partial charge in [0.1, 0.15) is 0 Å². The molecule has 120 valence electrons. The molecule has 0 aliphatic rings. The molecule has 0 aromatic heterocycles. The van der Waals surface area contributed by atoms with Gasteiger partial charge in [0, 0.05) is 30.5 Å². The zero-order chi connectivity index (χ0) is 15.0. The first-order valence-electron chi connectivity index (χ1n) is 6.12. The van der Waals surface area contributed by atoms with E-state index in [1.165, 1.54) is 12.1 Å². The van der Waals surface area contributed by atoms with Crippen molar-refractivity contribution in [2.24, 2.45) is 0 Å². The SMILES string of the molecule is CNCCNC(=O)CCNS(=O)(=O)c1cccc(Br)c1.Cl. The number of hydrogen-bond donors (Lipinski definition) is 3. The van der Waals surface area contributed by atoms with Crippen molar-refractivity contribution < 1.29 is 13.2 Å². The molecule has 3 N–H and O–H groups in total. The lowest BCUT2D eigenvalue weighted by molar-refractivity contribution is -0.120. The Bertz CT molecular complexity index is 554. The fourth-order valence-electron chi connectivity index (χ4n) is 1.43. The highest BCUT2D eigenvalue weighted by Gasteiger charge is 2.14. The summed E-state index contributed by atoms with van der Waals surface area (Å²) >= 11 is 3.22. The minimum Gasteiger partial charge on any atom is -0.355 e. The molecule has 1 aromatic rings. The number of amides is 1. The van der Waals surface area contributed by atoms with E-state index in [1.807, 2.05) is 0 Å². The van der Waals surface area contributed by atoms with Crippen LogP contribution in [0, 0.1) is 0 Å². The Hall–Kier alpha value is -0.670. The fourth-order valence-corrected chi connectivity index (χ4v) is 3.06. The van der Waals surface area contributed by atoms with Crippen LogP contribution in [0.1, 0.15) is 6.42 Å². The van der Waals surface area contributed by atoms with Gasteiger partial charge < -0.3 is 10.6 Å². The molecular formula is C12H19BrClN3O3S. The highest BCUT2D eigenvalue weighted by molar-refractivity contribution is 9.10. The molecule has 0 aliphatic carbocycles. The minimum atomic E-state index is -3.58. The van der Waals surface area contributed by atoms with E-state index < -0.39 is 10.0 Å². The lowest BCUT2D eigenvalue weighted by Gasteiger charge is -2.07. The predicted octanol–water partition coefficient (Wildman–Crippen LogP) is 0.875. The van der Waals surface area contributed by atoms with Crippen molar-refractivity contribution >= 4 is 44.3 Å². The number of carbonyl (C=O) groups excluding carboxylic acids is 1. The maximum absolute atomic E-state index is 12.0. The zero-order valence-corrected chi connectivity index (χ0v) is 14.8. The Kier molecular flexibility index (Phi) is 9.80.